The van der Waals surface area contributed by atoms with E-state index in [9.17, 15) is 0 Å². The van der Waals surface area contributed by atoms with Gasteiger partial charge in [-0.1, -0.05) is 17.7 Å². The number of aryl methyl sites for hydroxylation is 1. The van der Waals surface area contributed by atoms with Crippen LogP contribution < -0.4 is 9.47 Å². The summed E-state index contributed by atoms with van der Waals surface area (Å²) in [5.41, 5.74) is 1.95. The summed E-state index contributed by atoms with van der Waals surface area (Å²) >= 11 is 5.94. The van der Waals surface area contributed by atoms with Gasteiger partial charge < -0.3 is 9.47 Å². The number of halogens is 1. The van der Waals surface area contributed by atoms with Crippen LogP contribution in [0.4, 0.5) is 0 Å². The van der Waals surface area contributed by atoms with Crippen molar-refractivity contribution in [3.05, 3.63) is 52.7 Å². The van der Waals surface area contributed by atoms with E-state index in [1.807, 2.05) is 31.2 Å². The maximum absolute atomic E-state index is 5.94. The molecule has 94 valence electrons. The lowest BCUT2D eigenvalue weighted by Gasteiger charge is -2.11. The van der Waals surface area contributed by atoms with E-state index in [2.05, 4.69) is 4.98 Å². The molecule has 2 aromatic rings. The van der Waals surface area contributed by atoms with Crippen molar-refractivity contribution >= 4 is 11.6 Å². The van der Waals surface area contributed by atoms with Crippen molar-refractivity contribution in [2.45, 2.75) is 13.5 Å². The quantitative estimate of drug-likeness (QED) is 0.844. The molecule has 0 saturated heterocycles. The standard InChI is InChI=1S/C14H14ClNO2/c1-10-5-6-12(15)8-13(10)18-9-11-4-3-7-16-14(11)17-2/h3-8H,9H2,1-2H3. The summed E-state index contributed by atoms with van der Waals surface area (Å²) in [4.78, 5) is 4.12. The fourth-order valence-corrected chi connectivity index (χ4v) is 1.76. The number of methoxy groups -OCH3 is 1. The van der Waals surface area contributed by atoms with Crippen molar-refractivity contribution in [3.8, 4) is 11.6 Å². The average molecular weight is 264 g/mol. The zero-order valence-corrected chi connectivity index (χ0v) is 11.1. The predicted molar refractivity (Wildman–Crippen MR) is 71.3 cm³/mol. The number of hydrogen-bond donors (Lipinski definition) is 0. The maximum Gasteiger partial charge on any atom is 0.219 e. The average Bonchev–Trinajstić information content (AvgIpc) is 2.40. The lowest BCUT2D eigenvalue weighted by molar-refractivity contribution is 0.292. The zero-order valence-electron chi connectivity index (χ0n) is 10.3. The molecule has 4 heteroatoms. The van der Waals surface area contributed by atoms with Crippen LogP contribution in [0.3, 0.4) is 0 Å². The van der Waals surface area contributed by atoms with E-state index in [0.717, 1.165) is 16.9 Å². The molecule has 0 bridgehead atoms. The Morgan fingerprint density at radius 2 is 2.11 bits per heavy atom. The highest BCUT2D eigenvalue weighted by molar-refractivity contribution is 6.30. The topological polar surface area (TPSA) is 31.4 Å². The van der Waals surface area contributed by atoms with Crippen molar-refractivity contribution in [1.29, 1.82) is 0 Å². The zero-order chi connectivity index (χ0) is 13.0. The third kappa shape index (κ3) is 2.93. The van der Waals surface area contributed by atoms with Gasteiger partial charge in [-0.15, -0.1) is 0 Å². The Labute approximate surface area is 111 Å². The number of pyridine rings is 1. The van der Waals surface area contributed by atoms with Gasteiger partial charge in [-0.3, -0.25) is 0 Å². The molecule has 0 aliphatic heterocycles. The van der Waals surface area contributed by atoms with Crippen molar-refractivity contribution in [1.82, 2.24) is 4.98 Å². The van der Waals surface area contributed by atoms with E-state index in [-0.39, 0.29) is 0 Å². The Bertz CT molecular complexity index is 543. The van der Waals surface area contributed by atoms with Gasteiger partial charge in [-0.2, -0.15) is 0 Å². The molecule has 1 aromatic carbocycles. The Balaban J connectivity index is 2.14. The van der Waals surface area contributed by atoms with E-state index in [4.69, 9.17) is 21.1 Å². The van der Waals surface area contributed by atoms with Gasteiger partial charge in [-0.05, 0) is 36.8 Å². The summed E-state index contributed by atoms with van der Waals surface area (Å²) in [6.07, 6.45) is 1.69. The van der Waals surface area contributed by atoms with E-state index in [0.29, 0.717) is 17.5 Å². The second-order valence-corrected chi connectivity index (χ2v) is 4.31. The first-order chi connectivity index (χ1) is 8.70. The van der Waals surface area contributed by atoms with Crippen molar-refractivity contribution < 1.29 is 9.47 Å². The first-order valence-corrected chi connectivity index (χ1v) is 5.95. The molecule has 0 aliphatic rings. The molecular weight excluding hydrogens is 250 g/mol. The van der Waals surface area contributed by atoms with Gasteiger partial charge in [0.15, 0.2) is 0 Å². The van der Waals surface area contributed by atoms with Crippen LogP contribution in [-0.2, 0) is 6.61 Å². The molecule has 0 radical (unpaired) electrons. The first-order valence-electron chi connectivity index (χ1n) is 5.57. The number of hydrogen-bond acceptors (Lipinski definition) is 3. The van der Waals surface area contributed by atoms with Crippen molar-refractivity contribution in [2.24, 2.45) is 0 Å². The fourth-order valence-electron chi connectivity index (χ4n) is 1.60. The van der Waals surface area contributed by atoms with E-state index in [1.54, 1.807) is 19.4 Å². The molecule has 0 fully saturated rings. The molecular formula is C14H14ClNO2. The molecule has 0 aliphatic carbocycles. The summed E-state index contributed by atoms with van der Waals surface area (Å²) in [7, 11) is 1.59. The number of rotatable bonds is 4. The largest absolute Gasteiger partial charge is 0.488 e. The predicted octanol–water partition coefficient (Wildman–Crippen LogP) is 3.63. The Kier molecular flexibility index (Phi) is 4.05. The van der Waals surface area contributed by atoms with Crippen LogP contribution in [-0.4, -0.2) is 12.1 Å². The lowest BCUT2D eigenvalue weighted by atomic mass is 10.2. The molecule has 0 N–H and O–H groups in total. The molecule has 0 saturated carbocycles. The fraction of sp³-hybridized carbons (Fsp3) is 0.214. The molecule has 3 nitrogen and oxygen atoms in total. The Morgan fingerprint density at radius 1 is 1.28 bits per heavy atom. The Morgan fingerprint density at radius 3 is 2.89 bits per heavy atom. The number of ether oxygens (including phenoxy) is 2. The van der Waals surface area contributed by atoms with Crippen molar-refractivity contribution in [2.75, 3.05) is 7.11 Å². The van der Waals surface area contributed by atoms with Crippen LogP contribution in [0.25, 0.3) is 0 Å². The number of nitrogens with zero attached hydrogens (tertiary/aromatic N) is 1. The smallest absolute Gasteiger partial charge is 0.219 e. The summed E-state index contributed by atoms with van der Waals surface area (Å²) < 4.78 is 10.9. The molecule has 18 heavy (non-hydrogen) atoms. The van der Waals surface area contributed by atoms with E-state index in [1.165, 1.54) is 0 Å². The molecule has 0 spiro atoms. The van der Waals surface area contributed by atoms with Gasteiger partial charge in [0.05, 0.1) is 12.7 Å². The summed E-state index contributed by atoms with van der Waals surface area (Å²) in [5, 5.41) is 0.661. The Hall–Kier alpha value is -1.74. The monoisotopic (exact) mass is 263 g/mol. The minimum absolute atomic E-state index is 0.401. The molecule has 0 atom stereocenters. The van der Waals surface area contributed by atoms with Gasteiger partial charge in [-0.25, -0.2) is 4.98 Å². The molecule has 0 amide bonds. The number of benzene rings is 1. The minimum Gasteiger partial charge on any atom is -0.488 e. The van der Waals surface area contributed by atoms with E-state index < -0.39 is 0 Å². The molecule has 1 heterocycles. The van der Waals surface area contributed by atoms with Crippen LogP contribution in [0.2, 0.25) is 5.02 Å². The first kappa shape index (κ1) is 12.7. The van der Waals surface area contributed by atoms with Crippen LogP contribution in [0.5, 0.6) is 11.6 Å². The third-order valence-electron chi connectivity index (χ3n) is 2.58. The van der Waals surface area contributed by atoms with Gasteiger partial charge in [0.1, 0.15) is 12.4 Å². The van der Waals surface area contributed by atoms with Crippen LogP contribution in [0.15, 0.2) is 36.5 Å². The van der Waals surface area contributed by atoms with Crippen LogP contribution >= 0.6 is 11.6 Å². The highest BCUT2D eigenvalue weighted by atomic mass is 35.5. The van der Waals surface area contributed by atoms with Crippen LogP contribution in [0, 0.1) is 6.92 Å². The molecule has 2 rings (SSSR count). The van der Waals surface area contributed by atoms with Gasteiger partial charge in [0.2, 0.25) is 5.88 Å². The summed E-state index contributed by atoms with van der Waals surface area (Å²) in [5.74, 6) is 1.35. The maximum atomic E-state index is 5.94. The third-order valence-corrected chi connectivity index (χ3v) is 2.81. The van der Waals surface area contributed by atoms with Gasteiger partial charge in [0.25, 0.3) is 0 Å². The summed E-state index contributed by atoms with van der Waals surface area (Å²) in [6.45, 7) is 2.38. The number of aromatic nitrogens is 1. The van der Waals surface area contributed by atoms with E-state index >= 15 is 0 Å². The van der Waals surface area contributed by atoms with Gasteiger partial charge >= 0.3 is 0 Å². The van der Waals surface area contributed by atoms with Gasteiger partial charge in [0, 0.05) is 11.2 Å². The molecule has 1 aromatic heterocycles. The SMILES string of the molecule is COc1ncccc1COc1cc(Cl)ccc1C. The normalized spacial score (nSPS) is 10.2. The second kappa shape index (κ2) is 5.74. The second-order valence-electron chi connectivity index (χ2n) is 3.87. The molecule has 0 unspecified atom stereocenters. The van der Waals surface area contributed by atoms with Crippen LogP contribution in [0.1, 0.15) is 11.1 Å². The summed E-state index contributed by atoms with van der Waals surface area (Å²) in [6, 6.07) is 9.35. The minimum atomic E-state index is 0.401. The highest BCUT2D eigenvalue weighted by Crippen LogP contribution is 2.24. The highest BCUT2D eigenvalue weighted by Gasteiger charge is 2.06. The lowest BCUT2D eigenvalue weighted by Crippen LogP contribution is -2.01. The van der Waals surface area contributed by atoms with Crippen molar-refractivity contribution in [3.63, 3.8) is 0 Å².